The first kappa shape index (κ1) is 13.5. The van der Waals surface area contributed by atoms with Crippen molar-refractivity contribution in [2.45, 2.75) is 12.8 Å². The molecule has 108 valence electrons. The number of nitrogens with one attached hydrogen (secondary N) is 1. The highest BCUT2D eigenvalue weighted by Gasteiger charge is 2.20. The van der Waals surface area contributed by atoms with Crippen LogP contribution in [0.4, 0.5) is 15.8 Å². The molecule has 2 heterocycles. The topological polar surface area (TPSA) is 45.2 Å². The van der Waals surface area contributed by atoms with Gasteiger partial charge in [-0.05, 0) is 37.1 Å². The van der Waals surface area contributed by atoms with Crippen LogP contribution in [0, 0.1) is 5.82 Å². The van der Waals surface area contributed by atoms with Gasteiger partial charge in [-0.25, -0.2) is 4.39 Å². The molecule has 1 N–H and O–H groups in total. The molecular formula is C16H16FN3O. The molecule has 21 heavy (non-hydrogen) atoms. The fourth-order valence-corrected chi connectivity index (χ4v) is 2.43. The monoisotopic (exact) mass is 285 g/mol. The zero-order valence-corrected chi connectivity index (χ0v) is 11.6. The number of carbonyl (C=O) groups is 1. The molecule has 1 aliphatic rings. The molecule has 0 bridgehead atoms. The van der Waals surface area contributed by atoms with E-state index in [1.165, 1.54) is 6.07 Å². The van der Waals surface area contributed by atoms with Crippen molar-refractivity contribution in [3.05, 3.63) is 54.1 Å². The Morgan fingerprint density at radius 1 is 1.19 bits per heavy atom. The van der Waals surface area contributed by atoms with Crippen molar-refractivity contribution in [1.82, 2.24) is 9.88 Å². The van der Waals surface area contributed by atoms with E-state index in [2.05, 4.69) is 10.3 Å². The number of rotatable bonds is 3. The van der Waals surface area contributed by atoms with Crippen molar-refractivity contribution in [3.63, 3.8) is 0 Å². The van der Waals surface area contributed by atoms with E-state index in [0.29, 0.717) is 17.1 Å². The SMILES string of the molecule is O=C(c1cc(Nc2ccccc2F)ccn1)N1CCCC1. The molecule has 2 aromatic rings. The fourth-order valence-electron chi connectivity index (χ4n) is 2.43. The molecule has 1 aliphatic heterocycles. The lowest BCUT2D eigenvalue weighted by atomic mass is 10.2. The number of likely N-dealkylation sites (tertiary alicyclic amines) is 1. The van der Waals surface area contributed by atoms with E-state index in [1.807, 2.05) is 0 Å². The first-order valence-electron chi connectivity index (χ1n) is 7.01. The standard InChI is InChI=1S/C16H16FN3O/c17-13-5-1-2-6-14(13)19-12-7-8-18-15(11-12)16(21)20-9-3-4-10-20/h1-2,5-8,11H,3-4,9-10H2,(H,18,19). The van der Waals surface area contributed by atoms with Gasteiger partial charge in [0.2, 0.25) is 0 Å². The summed E-state index contributed by atoms with van der Waals surface area (Å²) in [4.78, 5) is 18.2. The molecule has 1 aromatic heterocycles. The zero-order valence-electron chi connectivity index (χ0n) is 11.6. The molecule has 0 radical (unpaired) electrons. The van der Waals surface area contributed by atoms with Gasteiger partial charge in [0.1, 0.15) is 11.5 Å². The summed E-state index contributed by atoms with van der Waals surface area (Å²) in [6, 6.07) is 9.80. The Bertz CT molecular complexity index is 653. The molecule has 1 aromatic carbocycles. The van der Waals surface area contributed by atoms with Gasteiger partial charge in [-0.3, -0.25) is 9.78 Å². The Labute approximate surface area is 122 Å². The molecule has 5 heteroatoms. The molecule has 0 aliphatic carbocycles. The third kappa shape index (κ3) is 3.02. The number of para-hydroxylation sites is 1. The van der Waals surface area contributed by atoms with Crippen molar-refractivity contribution in [2.75, 3.05) is 18.4 Å². The molecular weight excluding hydrogens is 269 g/mol. The molecule has 0 saturated carbocycles. The summed E-state index contributed by atoms with van der Waals surface area (Å²) >= 11 is 0. The lowest BCUT2D eigenvalue weighted by Crippen LogP contribution is -2.28. The van der Waals surface area contributed by atoms with Crippen LogP contribution < -0.4 is 5.32 Å². The van der Waals surface area contributed by atoms with Crippen LogP contribution in [-0.4, -0.2) is 28.9 Å². The Hall–Kier alpha value is -2.43. The summed E-state index contributed by atoms with van der Waals surface area (Å²) in [5.74, 6) is -0.397. The lowest BCUT2D eigenvalue weighted by Gasteiger charge is -2.15. The molecule has 1 saturated heterocycles. The average molecular weight is 285 g/mol. The summed E-state index contributed by atoms with van der Waals surface area (Å²) in [5.41, 5.74) is 1.42. The first-order valence-corrected chi connectivity index (χ1v) is 7.01. The van der Waals surface area contributed by atoms with Gasteiger partial charge >= 0.3 is 0 Å². The van der Waals surface area contributed by atoms with Gasteiger partial charge in [-0.2, -0.15) is 0 Å². The van der Waals surface area contributed by atoms with Crippen LogP contribution in [0.25, 0.3) is 0 Å². The zero-order chi connectivity index (χ0) is 14.7. The molecule has 3 rings (SSSR count). The lowest BCUT2D eigenvalue weighted by molar-refractivity contribution is 0.0787. The largest absolute Gasteiger partial charge is 0.353 e. The minimum Gasteiger partial charge on any atom is -0.353 e. The van der Waals surface area contributed by atoms with Gasteiger partial charge in [0, 0.05) is 25.0 Å². The van der Waals surface area contributed by atoms with Gasteiger partial charge < -0.3 is 10.2 Å². The maximum absolute atomic E-state index is 13.6. The maximum atomic E-state index is 13.6. The van der Waals surface area contributed by atoms with Crippen LogP contribution in [0.5, 0.6) is 0 Å². The summed E-state index contributed by atoms with van der Waals surface area (Å²) in [6.07, 6.45) is 3.64. The Kier molecular flexibility index (Phi) is 3.81. The normalized spacial score (nSPS) is 14.2. The van der Waals surface area contributed by atoms with E-state index >= 15 is 0 Å². The summed E-state index contributed by atoms with van der Waals surface area (Å²) in [7, 11) is 0. The average Bonchev–Trinajstić information content (AvgIpc) is 3.03. The van der Waals surface area contributed by atoms with E-state index < -0.39 is 0 Å². The minimum atomic E-state index is -0.332. The second-order valence-electron chi connectivity index (χ2n) is 5.03. The molecule has 0 unspecified atom stereocenters. The van der Waals surface area contributed by atoms with E-state index in [-0.39, 0.29) is 11.7 Å². The van der Waals surface area contributed by atoms with Crippen LogP contribution in [0.2, 0.25) is 0 Å². The number of carbonyl (C=O) groups excluding carboxylic acids is 1. The summed E-state index contributed by atoms with van der Waals surface area (Å²) < 4.78 is 13.6. The molecule has 1 fully saturated rings. The summed E-state index contributed by atoms with van der Waals surface area (Å²) in [5, 5.41) is 2.97. The van der Waals surface area contributed by atoms with E-state index in [1.54, 1.807) is 41.4 Å². The van der Waals surface area contributed by atoms with Crippen molar-refractivity contribution >= 4 is 17.3 Å². The number of halogens is 1. The van der Waals surface area contributed by atoms with Crippen molar-refractivity contribution in [1.29, 1.82) is 0 Å². The molecule has 1 amide bonds. The number of benzene rings is 1. The van der Waals surface area contributed by atoms with Gasteiger partial charge in [-0.15, -0.1) is 0 Å². The highest BCUT2D eigenvalue weighted by atomic mass is 19.1. The van der Waals surface area contributed by atoms with Gasteiger partial charge in [-0.1, -0.05) is 12.1 Å². The smallest absolute Gasteiger partial charge is 0.272 e. The van der Waals surface area contributed by atoms with Crippen LogP contribution in [0.15, 0.2) is 42.6 Å². The summed E-state index contributed by atoms with van der Waals surface area (Å²) in [6.45, 7) is 1.57. The first-order chi connectivity index (χ1) is 10.2. The highest BCUT2D eigenvalue weighted by Crippen LogP contribution is 2.20. The van der Waals surface area contributed by atoms with Crippen molar-refractivity contribution < 1.29 is 9.18 Å². The van der Waals surface area contributed by atoms with Crippen LogP contribution in [-0.2, 0) is 0 Å². The van der Waals surface area contributed by atoms with Gasteiger partial charge in [0.25, 0.3) is 5.91 Å². The van der Waals surface area contributed by atoms with Crippen molar-refractivity contribution in [3.8, 4) is 0 Å². The Morgan fingerprint density at radius 2 is 1.95 bits per heavy atom. The quantitative estimate of drug-likeness (QED) is 0.942. The Morgan fingerprint density at radius 3 is 2.71 bits per heavy atom. The molecule has 0 atom stereocenters. The number of hydrogen-bond donors (Lipinski definition) is 1. The van der Waals surface area contributed by atoms with E-state index in [0.717, 1.165) is 25.9 Å². The third-order valence-corrected chi connectivity index (χ3v) is 3.53. The van der Waals surface area contributed by atoms with Crippen molar-refractivity contribution in [2.24, 2.45) is 0 Å². The number of pyridine rings is 1. The number of aromatic nitrogens is 1. The number of nitrogens with zero attached hydrogens (tertiary/aromatic N) is 2. The third-order valence-electron chi connectivity index (χ3n) is 3.53. The van der Waals surface area contributed by atoms with Crippen LogP contribution in [0.3, 0.4) is 0 Å². The van der Waals surface area contributed by atoms with Gasteiger partial charge in [0.05, 0.1) is 5.69 Å². The second kappa shape index (κ2) is 5.91. The fraction of sp³-hybridized carbons (Fsp3) is 0.250. The van der Waals surface area contributed by atoms with E-state index in [4.69, 9.17) is 0 Å². The second-order valence-corrected chi connectivity index (χ2v) is 5.03. The number of anilines is 2. The molecule has 4 nitrogen and oxygen atoms in total. The number of hydrogen-bond acceptors (Lipinski definition) is 3. The maximum Gasteiger partial charge on any atom is 0.272 e. The van der Waals surface area contributed by atoms with E-state index in [9.17, 15) is 9.18 Å². The molecule has 0 spiro atoms. The predicted octanol–water partition coefficient (Wildman–Crippen LogP) is 3.20. The number of amides is 1. The highest BCUT2D eigenvalue weighted by molar-refractivity contribution is 5.93. The predicted molar refractivity (Wildman–Crippen MR) is 79.1 cm³/mol. The van der Waals surface area contributed by atoms with Gasteiger partial charge in [0.15, 0.2) is 0 Å². The van der Waals surface area contributed by atoms with Crippen LogP contribution >= 0.6 is 0 Å². The minimum absolute atomic E-state index is 0.0651. The van der Waals surface area contributed by atoms with Crippen LogP contribution in [0.1, 0.15) is 23.3 Å². The Balaban J connectivity index is 1.80.